The molecule has 1 aliphatic heterocycles. The summed E-state index contributed by atoms with van der Waals surface area (Å²) in [7, 11) is -3.46. The van der Waals surface area contributed by atoms with Gasteiger partial charge in [-0.1, -0.05) is 18.2 Å². The van der Waals surface area contributed by atoms with Gasteiger partial charge in [0.2, 0.25) is 10.0 Å². The number of nitrogens with one attached hydrogen (secondary N) is 1. The SMILES string of the molecule is Cc1cc(C)c(S(=O)(=O)NCCCc2ccc(N3CCCC3)cc2)cc1C. The van der Waals surface area contributed by atoms with Crippen LogP contribution in [0.15, 0.2) is 41.3 Å². The molecule has 1 aliphatic rings. The first-order chi connectivity index (χ1) is 12.9. The van der Waals surface area contributed by atoms with E-state index in [1.165, 1.54) is 24.1 Å². The predicted octanol–water partition coefficient (Wildman–Crippen LogP) is 4.12. The highest BCUT2D eigenvalue weighted by atomic mass is 32.2. The number of sulfonamides is 1. The number of hydrogen-bond donors (Lipinski definition) is 1. The molecule has 0 aliphatic carbocycles. The number of nitrogens with zero attached hydrogens (tertiary/aromatic N) is 1. The van der Waals surface area contributed by atoms with Crippen LogP contribution in [0.4, 0.5) is 5.69 Å². The molecule has 0 unspecified atom stereocenters. The summed E-state index contributed by atoms with van der Waals surface area (Å²) in [6, 6.07) is 12.4. The van der Waals surface area contributed by atoms with Crippen LogP contribution in [-0.2, 0) is 16.4 Å². The monoisotopic (exact) mass is 386 g/mol. The van der Waals surface area contributed by atoms with Gasteiger partial charge in [-0.3, -0.25) is 0 Å². The van der Waals surface area contributed by atoms with Crippen molar-refractivity contribution in [3.8, 4) is 0 Å². The van der Waals surface area contributed by atoms with Gasteiger partial charge < -0.3 is 4.90 Å². The molecule has 0 radical (unpaired) electrons. The lowest BCUT2D eigenvalue weighted by Crippen LogP contribution is -2.26. The van der Waals surface area contributed by atoms with Crippen molar-refractivity contribution in [2.45, 2.75) is 51.3 Å². The van der Waals surface area contributed by atoms with Gasteiger partial charge in [0.25, 0.3) is 0 Å². The van der Waals surface area contributed by atoms with Crippen molar-refractivity contribution in [1.82, 2.24) is 4.72 Å². The van der Waals surface area contributed by atoms with Crippen molar-refractivity contribution in [3.63, 3.8) is 0 Å². The Morgan fingerprint density at radius 3 is 2.22 bits per heavy atom. The third kappa shape index (κ3) is 4.90. The molecule has 1 fully saturated rings. The van der Waals surface area contributed by atoms with Crippen LogP contribution in [0.5, 0.6) is 0 Å². The molecular weight excluding hydrogens is 356 g/mol. The fourth-order valence-electron chi connectivity index (χ4n) is 3.65. The van der Waals surface area contributed by atoms with Crippen molar-refractivity contribution in [2.24, 2.45) is 0 Å². The maximum Gasteiger partial charge on any atom is 0.240 e. The number of rotatable bonds is 7. The van der Waals surface area contributed by atoms with E-state index in [1.807, 2.05) is 26.8 Å². The summed E-state index contributed by atoms with van der Waals surface area (Å²) < 4.78 is 28.0. The number of aryl methyl sites for hydroxylation is 4. The second-order valence-electron chi connectivity index (χ2n) is 7.56. The summed E-state index contributed by atoms with van der Waals surface area (Å²) in [5.74, 6) is 0. The summed E-state index contributed by atoms with van der Waals surface area (Å²) in [6.07, 6.45) is 4.21. The number of benzene rings is 2. The van der Waals surface area contributed by atoms with Crippen LogP contribution >= 0.6 is 0 Å². The second-order valence-corrected chi connectivity index (χ2v) is 9.30. The maximum atomic E-state index is 12.6. The number of anilines is 1. The molecule has 0 bridgehead atoms. The van der Waals surface area contributed by atoms with E-state index in [1.54, 1.807) is 6.07 Å². The highest BCUT2D eigenvalue weighted by Gasteiger charge is 2.17. The summed E-state index contributed by atoms with van der Waals surface area (Å²) in [5.41, 5.74) is 5.45. The first-order valence-corrected chi connectivity index (χ1v) is 11.3. The zero-order chi connectivity index (χ0) is 19.4. The van der Waals surface area contributed by atoms with Gasteiger partial charge in [0.15, 0.2) is 0 Å². The summed E-state index contributed by atoms with van der Waals surface area (Å²) in [5, 5.41) is 0. The molecule has 4 nitrogen and oxygen atoms in total. The van der Waals surface area contributed by atoms with E-state index >= 15 is 0 Å². The Labute approximate surface area is 163 Å². The molecule has 1 saturated heterocycles. The van der Waals surface area contributed by atoms with Crippen molar-refractivity contribution < 1.29 is 8.42 Å². The first kappa shape index (κ1) is 19.9. The lowest BCUT2D eigenvalue weighted by atomic mass is 10.1. The lowest BCUT2D eigenvalue weighted by molar-refractivity contribution is 0.578. The van der Waals surface area contributed by atoms with Gasteiger partial charge in [0, 0.05) is 25.3 Å². The lowest BCUT2D eigenvalue weighted by Gasteiger charge is -2.17. The van der Waals surface area contributed by atoms with Crippen LogP contribution in [0.25, 0.3) is 0 Å². The molecule has 5 heteroatoms. The Morgan fingerprint density at radius 1 is 0.926 bits per heavy atom. The molecule has 1 heterocycles. The van der Waals surface area contributed by atoms with E-state index in [4.69, 9.17) is 0 Å². The Bertz CT molecular complexity index is 883. The Kier molecular flexibility index (Phi) is 6.22. The molecule has 0 atom stereocenters. The van der Waals surface area contributed by atoms with E-state index in [-0.39, 0.29) is 0 Å². The van der Waals surface area contributed by atoms with Crippen molar-refractivity contribution in [1.29, 1.82) is 0 Å². The fourth-order valence-corrected chi connectivity index (χ4v) is 5.03. The smallest absolute Gasteiger partial charge is 0.240 e. The highest BCUT2D eigenvalue weighted by molar-refractivity contribution is 7.89. The van der Waals surface area contributed by atoms with E-state index in [2.05, 4.69) is 33.9 Å². The molecule has 1 N–H and O–H groups in total. The minimum Gasteiger partial charge on any atom is -0.372 e. The maximum absolute atomic E-state index is 12.6. The zero-order valence-electron chi connectivity index (χ0n) is 16.6. The standard InChI is InChI=1S/C22H30N2O2S/c1-17-15-19(3)22(16-18(17)2)27(25,26)23-12-6-7-20-8-10-21(11-9-20)24-13-4-5-14-24/h8-11,15-16,23H,4-7,12-14H2,1-3H3. The average molecular weight is 387 g/mol. The third-order valence-electron chi connectivity index (χ3n) is 5.42. The average Bonchev–Trinajstić information content (AvgIpc) is 3.17. The normalized spacial score (nSPS) is 14.7. The largest absolute Gasteiger partial charge is 0.372 e. The van der Waals surface area contributed by atoms with Gasteiger partial charge in [-0.2, -0.15) is 0 Å². The van der Waals surface area contributed by atoms with Gasteiger partial charge in [-0.15, -0.1) is 0 Å². The summed E-state index contributed by atoms with van der Waals surface area (Å²) >= 11 is 0. The van der Waals surface area contributed by atoms with Crippen LogP contribution in [0.2, 0.25) is 0 Å². The van der Waals surface area contributed by atoms with Gasteiger partial charge in [-0.05, 0) is 86.9 Å². The third-order valence-corrected chi connectivity index (χ3v) is 7.03. The minimum atomic E-state index is -3.46. The van der Waals surface area contributed by atoms with Gasteiger partial charge >= 0.3 is 0 Å². The fraction of sp³-hybridized carbons (Fsp3) is 0.455. The van der Waals surface area contributed by atoms with Crippen molar-refractivity contribution >= 4 is 15.7 Å². The molecule has 0 saturated carbocycles. The van der Waals surface area contributed by atoms with Crippen LogP contribution < -0.4 is 9.62 Å². The molecule has 27 heavy (non-hydrogen) atoms. The van der Waals surface area contributed by atoms with Gasteiger partial charge in [0.05, 0.1) is 4.90 Å². The van der Waals surface area contributed by atoms with Crippen LogP contribution in [-0.4, -0.2) is 28.1 Å². The van der Waals surface area contributed by atoms with Crippen molar-refractivity contribution in [2.75, 3.05) is 24.5 Å². The Morgan fingerprint density at radius 2 is 1.56 bits per heavy atom. The molecule has 0 aromatic heterocycles. The van der Waals surface area contributed by atoms with E-state index in [9.17, 15) is 8.42 Å². The Hall–Kier alpha value is -1.85. The van der Waals surface area contributed by atoms with E-state index in [0.29, 0.717) is 11.4 Å². The molecule has 146 valence electrons. The molecule has 3 rings (SSSR count). The minimum absolute atomic E-state index is 0.389. The predicted molar refractivity (Wildman–Crippen MR) is 112 cm³/mol. The first-order valence-electron chi connectivity index (χ1n) is 9.78. The Balaban J connectivity index is 1.53. The van der Waals surface area contributed by atoms with Crippen LogP contribution in [0.1, 0.15) is 41.5 Å². The molecule has 0 amide bonds. The molecule has 2 aromatic rings. The summed E-state index contributed by atoms with van der Waals surface area (Å²) in [6.45, 7) is 8.55. The van der Waals surface area contributed by atoms with E-state index < -0.39 is 10.0 Å². The van der Waals surface area contributed by atoms with E-state index in [0.717, 1.165) is 42.6 Å². The van der Waals surface area contributed by atoms with Crippen LogP contribution in [0, 0.1) is 20.8 Å². The topological polar surface area (TPSA) is 49.4 Å². The zero-order valence-corrected chi connectivity index (χ0v) is 17.4. The second kappa shape index (κ2) is 8.44. The van der Waals surface area contributed by atoms with Crippen LogP contribution in [0.3, 0.4) is 0 Å². The van der Waals surface area contributed by atoms with Crippen molar-refractivity contribution in [3.05, 3.63) is 58.7 Å². The molecule has 0 spiro atoms. The van der Waals surface area contributed by atoms with Gasteiger partial charge in [0.1, 0.15) is 0 Å². The highest BCUT2D eigenvalue weighted by Crippen LogP contribution is 2.21. The summed E-state index contributed by atoms with van der Waals surface area (Å²) in [4.78, 5) is 2.81. The molecular formula is C22H30N2O2S. The number of hydrogen-bond acceptors (Lipinski definition) is 3. The van der Waals surface area contributed by atoms with Gasteiger partial charge in [-0.25, -0.2) is 13.1 Å². The quantitative estimate of drug-likeness (QED) is 0.728. The molecule has 2 aromatic carbocycles.